The van der Waals surface area contributed by atoms with Crippen molar-refractivity contribution in [2.45, 2.75) is 0 Å². The standard InChI is InChI=1S/C15H14ClNOS/c1-17(2)12-5-3-11(4-6-12)14-7-8-15(19-14)13(16)9-10-18/h3-10H,1-2H3. The van der Waals surface area contributed by atoms with E-state index in [2.05, 4.69) is 29.2 Å². The van der Waals surface area contributed by atoms with Crippen LogP contribution in [-0.2, 0) is 4.79 Å². The second kappa shape index (κ2) is 6.04. The van der Waals surface area contributed by atoms with E-state index in [9.17, 15) is 4.79 Å². The minimum absolute atomic E-state index is 0.483. The molecule has 0 radical (unpaired) electrons. The lowest BCUT2D eigenvalue weighted by Crippen LogP contribution is -2.07. The average molecular weight is 292 g/mol. The summed E-state index contributed by atoms with van der Waals surface area (Å²) in [5.41, 5.74) is 2.32. The van der Waals surface area contributed by atoms with Gasteiger partial charge >= 0.3 is 0 Å². The molecule has 1 heterocycles. The maximum Gasteiger partial charge on any atom is 0.144 e. The van der Waals surface area contributed by atoms with Gasteiger partial charge in [-0.3, -0.25) is 4.79 Å². The summed E-state index contributed by atoms with van der Waals surface area (Å²) in [6.07, 6.45) is 2.07. The first kappa shape index (κ1) is 13.8. The van der Waals surface area contributed by atoms with E-state index in [1.165, 1.54) is 11.8 Å². The molecule has 0 aliphatic rings. The Labute approximate surface area is 121 Å². The van der Waals surface area contributed by atoms with Gasteiger partial charge in [0.25, 0.3) is 0 Å². The smallest absolute Gasteiger partial charge is 0.144 e. The Balaban J connectivity index is 2.27. The second-order valence-electron chi connectivity index (χ2n) is 4.26. The van der Waals surface area contributed by atoms with Crippen molar-refractivity contribution in [3.05, 3.63) is 47.4 Å². The van der Waals surface area contributed by atoms with E-state index < -0.39 is 0 Å². The predicted octanol–water partition coefficient (Wildman–Crippen LogP) is 4.26. The van der Waals surface area contributed by atoms with Gasteiger partial charge in [-0.2, -0.15) is 0 Å². The number of aldehydes is 1. The molecule has 1 aromatic carbocycles. The second-order valence-corrected chi connectivity index (χ2v) is 5.75. The minimum Gasteiger partial charge on any atom is -0.378 e. The van der Waals surface area contributed by atoms with Gasteiger partial charge in [0.2, 0.25) is 0 Å². The molecule has 0 fully saturated rings. The van der Waals surface area contributed by atoms with Gasteiger partial charge in [-0.05, 0) is 35.9 Å². The van der Waals surface area contributed by atoms with Gasteiger partial charge in [0, 0.05) is 29.5 Å². The van der Waals surface area contributed by atoms with Crippen molar-refractivity contribution in [1.29, 1.82) is 0 Å². The number of hydrogen-bond donors (Lipinski definition) is 0. The maximum atomic E-state index is 10.4. The number of thiophene rings is 1. The number of anilines is 1. The van der Waals surface area contributed by atoms with Crippen LogP contribution in [0.5, 0.6) is 0 Å². The molecule has 2 aromatic rings. The molecule has 2 nitrogen and oxygen atoms in total. The molecule has 0 N–H and O–H groups in total. The summed E-state index contributed by atoms with van der Waals surface area (Å²) in [6, 6.07) is 12.3. The molecule has 0 spiro atoms. The average Bonchev–Trinajstić information content (AvgIpc) is 2.89. The van der Waals surface area contributed by atoms with Crippen LogP contribution in [0.1, 0.15) is 4.88 Å². The Morgan fingerprint density at radius 3 is 2.42 bits per heavy atom. The molecular formula is C15H14ClNOS. The molecule has 0 aliphatic heterocycles. The molecule has 0 bridgehead atoms. The highest BCUT2D eigenvalue weighted by atomic mass is 35.5. The molecule has 2 rings (SSSR count). The largest absolute Gasteiger partial charge is 0.378 e. The molecule has 0 atom stereocenters. The Hall–Kier alpha value is -1.58. The van der Waals surface area contributed by atoms with Crippen LogP contribution in [0.25, 0.3) is 15.5 Å². The van der Waals surface area contributed by atoms with E-state index in [-0.39, 0.29) is 0 Å². The van der Waals surface area contributed by atoms with Crippen LogP contribution in [0.15, 0.2) is 42.5 Å². The summed E-state index contributed by atoms with van der Waals surface area (Å²) in [5.74, 6) is 0. The third-order valence-corrected chi connectivity index (χ3v) is 4.33. The van der Waals surface area contributed by atoms with Crippen LogP contribution in [-0.4, -0.2) is 20.4 Å². The molecule has 98 valence electrons. The number of halogens is 1. The van der Waals surface area contributed by atoms with Crippen LogP contribution in [0.2, 0.25) is 0 Å². The van der Waals surface area contributed by atoms with Gasteiger partial charge in [-0.25, -0.2) is 0 Å². The first-order valence-corrected chi connectivity index (χ1v) is 7.00. The Morgan fingerprint density at radius 2 is 1.84 bits per heavy atom. The van der Waals surface area contributed by atoms with Crippen molar-refractivity contribution < 1.29 is 4.79 Å². The molecule has 4 heteroatoms. The number of carbonyl (C=O) groups excluding carboxylic acids is 1. The molecule has 0 unspecified atom stereocenters. The van der Waals surface area contributed by atoms with Crippen LogP contribution in [0.3, 0.4) is 0 Å². The lowest BCUT2D eigenvalue weighted by molar-refractivity contribution is -0.104. The zero-order valence-corrected chi connectivity index (χ0v) is 12.3. The summed E-state index contributed by atoms with van der Waals surface area (Å²) in [6.45, 7) is 0. The number of rotatable bonds is 4. The van der Waals surface area contributed by atoms with Gasteiger partial charge in [0.05, 0.1) is 5.03 Å². The molecule has 1 aromatic heterocycles. The third-order valence-electron chi connectivity index (χ3n) is 2.72. The highest BCUT2D eigenvalue weighted by Crippen LogP contribution is 2.33. The number of hydrogen-bond acceptors (Lipinski definition) is 3. The minimum atomic E-state index is 0.483. The Bertz CT molecular complexity index is 599. The van der Waals surface area contributed by atoms with Gasteiger partial charge in [-0.1, -0.05) is 23.7 Å². The van der Waals surface area contributed by atoms with Gasteiger partial charge in [0.15, 0.2) is 0 Å². The van der Waals surface area contributed by atoms with E-state index >= 15 is 0 Å². The van der Waals surface area contributed by atoms with E-state index in [0.717, 1.165) is 15.3 Å². The first-order chi connectivity index (χ1) is 9.11. The van der Waals surface area contributed by atoms with Gasteiger partial charge in [-0.15, -0.1) is 11.3 Å². The number of allylic oxidation sites excluding steroid dienone is 1. The SMILES string of the molecule is CN(C)c1ccc(-c2ccc(C(Cl)=CC=O)s2)cc1. The van der Waals surface area contributed by atoms with Crippen molar-refractivity contribution >= 4 is 39.9 Å². The zero-order valence-electron chi connectivity index (χ0n) is 10.8. The first-order valence-electron chi connectivity index (χ1n) is 5.81. The Morgan fingerprint density at radius 1 is 1.16 bits per heavy atom. The third kappa shape index (κ3) is 3.25. The molecular weight excluding hydrogens is 278 g/mol. The highest BCUT2D eigenvalue weighted by Gasteiger charge is 2.05. The van der Waals surface area contributed by atoms with Crippen LogP contribution >= 0.6 is 22.9 Å². The van der Waals surface area contributed by atoms with Gasteiger partial charge in [0.1, 0.15) is 6.29 Å². The highest BCUT2D eigenvalue weighted by molar-refractivity contribution is 7.17. The quantitative estimate of drug-likeness (QED) is 0.620. The van der Waals surface area contributed by atoms with E-state index in [1.54, 1.807) is 11.3 Å². The fraction of sp³-hybridized carbons (Fsp3) is 0.133. The molecule has 0 saturated carbocycles. The normalized spacial score (nSPS) is 11.4. The fourth-order valence-electron chi connectivity index (χ4n) is 1.69. The lowest BCUT2D eigenvalue weighted by Gasteiger charge is -2.12. The van der Waals surface area contributed by atoms with Crippen molar-refractivity contribution in [2.24, 2.45) is 0 Å². The van der Waals surface area contributed by atoms with E-state index in [4.69, 9.17) is 11.6 Å². The molecule has 0 aliphatic carbocycles. The summed E-state index contributed by atoms with van der Waals surface area (Å²) in [7, 11) is 4.03. The van der Waals surface area contributed by atoms with Crippen LogP contribution in [0.4, 0.5) is 5.69 Å². The molecule has 0 amide bonds. The van der Waals surface area contributed by atoms with Gasteiger partial charge < -0.3 is 4.90 Å². The lowest BCUT2D eigenvalue weighted by atomic mass is 10.1. The maximum absolute atomic E-state index is 10.4. The van der Waals surface area contributed by atoms with Crippen molar-refractivity contribution in [2.75, 3.05) is 19.0 Å². The zero-order chi connectivity index (χ0) is 13.8. The predicted molar refractivity (Wildman–Crippen MR) is 84.0 cm³/mol. The Kier molecular flexibility index (Phi) is 4.40. The van der Waals surface area contributed by atoms with Crippen LogP contribution < -0.4 is 4.90 Å². The van der Waals surface area contributed by atoms with E-state index in [0.29, 0.717) is 11.3 Å². The fourth-order valence-corrected chi connectivity index (χ4v) is 2.85. The summed E-state index contributed by atoms with van der Waals surface area (Å²) in [4.78, 5) is 14.5. The summed E-state index contributed by atoms with van der Waals surface area (Å²) < 4.78 is 0. The summed E-state index contributed by atoms with van der Waals surface area (Å²) >= 11 is 7.58. The van der Waals surface area contributed by atoms with Crippen molar-refractivity contribution in [1.82, 2.24) is 0 Å². The monoisotopic (exact) mass is 291 g/mol. The molecule has 0 saturated heterocycles. The molecule has 19 heavy (non-hydrogen) atoms. The number of nitrogens with zero attached hydrogens (tertiary/aromatic N) is 1. The topological polar surface area (TPSA) is 20.3 Å². The summed E-state index contributed by atoms with van der Waals surface area (Å²) in [5, 5.41) is 0.483. The number of carbonyl (C=O) groups is 1. The van der Waals surface area contributed by atoms with Crippen molar-refractivity contribution in [3.63, 3.8) is 0 Å². The van der Waals surface area contributed by atoms with E-state index in [1.807, 2.05) is 26.2 Å². The van der Waals surface area contributed by atoms with Crippen LogP contribution in [0, 0.1) is 0 Å². The number of benzene rings is 1. The van der Waals surface area contributed by atoms with Crippen molar-refractivity contribution in [3.8, 4) is 10.4 Å².